The van der Waals surface area contributed by atoms with Crippen LogP contribution in [0.15, 0.2) is 4.47 Å². The Hall–Kier alpha value is -0.390. The van der Waals surface area contributed by atoms with Crippen molar-refractivity contribution in [2.75, 3.05) is 6.61 Å². The van der Waals surface area contributed by atoms with Crippen LogP contribution in [-0.2, 0) is 18.2 Å². The Morgan fingerprint density at radius 3 is 2.67 bits per heavy atom. The van der Waals surface area contributed by atoms with Crippen molar-refractivity contribution in [3.63, 3.8) is 0 Å². The average Bonchev–Trinajstić information content (AvgIpc) is 2.43. The zero-order valence-electron chi connectivity index (χ0n) is 11.5. The van der Waals surface area contributed by atoms with Crippen LogP contribution in [0.1, 0.15) is 38.1 Å². The van der Waals surface area contributed by atoms with Crippen molar-refractivity contribution in [2.24, 2.45) is 7.05 Å². The predicted octanol–water partition coefficient (Wildman–Crippen LogP) is 2.35. The van der Waals surface area contributed by atoms with Crippen LogP contribution in [-0.4, -0.2) is 32.7 Å². The van der Waals surface area contributed by atoms with Gasteiger partial charge < -0.3 is 9.84 Å². The number of aromatic nitrogens is 2. The second-order valence-electron chi connectivity index (χ2n) is 5.91. The number of halogens is 1. The second kappa shape index (κ2) is 4.62. The van der Waals surface area contributed by atoms with Gasteiger partial charge in [0.2, 0.25) is 0 Å². The second-order valence-corrected chi connectivity index (χ2v) is 6.70. The van der Waals surface area contributed by atoms with E-state index in [2.05, 4.69) is 21.0 Å². The van der Waals surface area contributed by atoms with Crippen LogP contribution in [0.4, 0.5) is 0 Å². The fraction of sp³-hybridized carbons (Fsp3) is 0.769. The summed E-state index contributed by atoms with van der Waals surface area (Å²) in [7, 11) is 1.92. The summed E-state index contributed by atoms with van der Waals surface area (Å²) < 4.78 is 8.52. The summed E-state index contributed by atoms with van der Waals surface area (Å²) in [5.41, 5.74) is 1.05. The summed E-state index contributed by atoms with van der Waals surface area (Å²) in [6, 6.07) is 0. The summed E-state index contributed by atoms with van der Waals surface area (Å²) in [6.07, 6.45) is 1.93. The molecule has 0 spiro atoms. The zero-order chi connectivity index (χ0) is 13.6. The van der Waals surface area contributed by atoms with Crippen LogP contribution in [0.3, 0.4) is 0 Å². The Bertz CT molecular complexity index is 456. The first kappa shape index (κ1) is 14.0. The van der Waals surface area contributed by atoms with Gasteiger partial charge in [0.1, 0.15) is 0 Å². The van der Waals surface area contributed by atoms with E-state index in [1.54, 1.807) is 0 Å². The highest BCUT2D eigenvalue weighted by Gasteiger charge is 2.40. The highest BCUT2D eigenvalue weighted by Crippen LogP contribution is 2.36. The first-order valence-corrected chi connectivity index (χ1v) is 7.06. The molecule has 1 aliphatic heterocycles. The molecule has 0 radical (unpaired) electrons. The normalized spacial score (nSPS) is 27.4. The Morgan fingerprint density at radius 1 is 1.50 bits per heavy atom. The van der Waals surface area contributed by atoms with E-state index in [0.29, 0.717) is 25.9 Å². The summed E-state index contributed by atoms with van der Waals surface area (Å²) in [4.78, 5) is 0. The van der Waals surface area contributed by atoms with E-state index in [4.69, 9.17) is 4.74 Å². The van der Waals surface area contributed by atoms with Gasteiger partial charge in [-0.1, -0.05) is 0 Å². The SMILES string of the molecule is Cc1nn(C)c(CC2(O)CCOC(C)(C)C2)c1Br. The lowest BCUT2D eigenvalue weighted by atomic mass is 9.81. The quantitative estimate of drug-likeness (QED) is 0.911. The lowest BCUT2D eigenvalue weighted by Crippen LogP contribution is -2.47. The molecule has 18 heavy (non-hydrogen) atoms. The fourth-order valence-electron chi connectivity index (χ4n) is 2.78. The van der Waals surface area contributed by atoms with E-state index in [0.717, 1.165) is 15.9 Å². The Morgan fingerprint density at radius 2 is 2.17 bits per heavy atom. The van der Waals surface area contributed by atoms with Crippen molar-refractivity contribution in [1.82, 2.24) is 9.78 Å². The van der Waals surface area contributed by atoms with Crippen LogP contribution in [0.2, 0.25) is 0 Å². The van der Waals surface area contributed by atoms with Crippen molar-refractivity contribution in [3.05, 3.63) is 15.9 Å². The largest absolute Gasteiger partial charge is 0.389 e. The lowest BCUT2D eigenvalue weighted by Gasteiger charge is -2.41. The lowest BCUT2D eigenvalue weighted by molar-refractivity contribution is -0.143. The highest BCUT2D eigenvalue weighted by atomic mass is 79.9. The maximum atomic E-state index is 10.8. The Labute approximate surface area is 116 Å². The molecular weight excluding hydrogens is 296 g/mol. The van der Waals surface area contributed by atoms with Gasteiger partial charge in [-0.15, -0.1) is 0 Å². The molecule has 1 fully saturated rings. The number of nitrogens with zero attached hydrogens (tertiary/aromatic N) is 2. The first-order chi connectivity index (χ1) is 8.22. The van der Waals surface area contributed by atoms with Gasteiger partial charge in [0.25, 0.3) is 0 Å². The van der Waals surface area contributed by atoms with Crippen LogP contribution in [0, 0.1) is 6.92 Å². The topological polar surface area (TPSA) is 47.3 Å². The van der Waals surface area contributed by atoms with Gasteiger partial charge in [0.05, 0.1) is 33.7 Å². The fourth-order valence-corrected chi connectivity index (χ4v) is 3.26. The number of ether oxygens (including phenoxy) is 1. The minimum Gasteiger partial charge on any atom is -0.389 e. The van der Waals surface area contributed by atoms with Crippen molar-refractivity contribution in [2.45, 2.75) is 51.2 Å². The van der Waals surface area contributed by atoms with Gasteiger partial charge in [-0.25, -0.2) is 0 Å². The Balaban J connectivity index is 2.22. The van der Waals surface area contributed by atoms with Crippen LogP contribution >= 0.6 is 15.9 Å². The van der Waals surface area contributed by atoms with Crippen molar-refractivity contribution in [1.29, 1.82) is 0 Å². The van der Waals surface area contributed by atoms with Gasteiger partial charge >= 0.3 is 0 Å². The zero-order valence-corrected chi connectivity index (χ0v) is 13.0. The molecule has 1 atom stereocenters. The van der Waals surface area contributed by atoms with E-state index in [-0.39, 0.29) is 5.60 Å². The number of hydrogen-bond donors (Lipinski definition) is 1. The third-order valence-corrected chi connectivity index (χ3v) is 4.60. The smallest absolute Gasteiger partial charge is 0.0752 e. The van der Waals surface area contributed by atoms with Crippen LogP contribution in [0.5, 0.6) is 0 Å². The maximum absolute atomic E-state index is 10.8. The molecule has 1 aliphatic rings. The molecule has 4 nitrogen and oxygen atoms in total. The third-order valence-electron chi connectivity index (χ3n) is 3.57. The minimum atomic E-state index is -0.704. The molecule has 5 heteroatoms. The molecule has 0 aromatic carbocycles. The Kier molecular flexibility index (Phi) is 3.60. The monoisotopic (exact) mass is 316 g/mol. The molecule has 1 unspecified atom stereocenters. The maximum Gasteiger partial charge on any atom is 0.0752 e. The summed E-state index contributed by atoms with van der Waals surface area (Å²) >= 11 is 3.55. The summed E-state index contributed by atoms with van der Waals surface area (Å²) in [5.74, 6) is 0. The van der Waals surface area contributed by atoms with Gasteiger partial charge in [-0.3, -0.25) is 4.68 Å². The molecule has 1 N–H and O–H groups in total. The summed E-state index contributed by atoms with van der Waals surface area (Å²) in [6.45, 7) is 6.63. The highest BCUT2D eigenvalue weighted by molar-refractivity contribution is 9.10. The number of hydrogen-bond acceptors (Lipinski definition) is 3. The van der Waals surface area contributed by atoms with E-state index < -0.39 is 5.60 Å². The van der Waals surface area contributed by atoms with Gasteiger partial charge in [0.15, 0.2) is 0 Å². The first-order valence-electron chi connectivity index (χ1n) is 6.27. The molecule has 0 aliphatic carbocycles. The minimum absolute atomic E-state index is 0.257. The van der Waals surface area contributed by atoms with Crippen LogP contribution < -0.4 is 0 Å². The molecule has 2 heterocycles. The van der Waals surface area contributed by atoms with E-state index in [9.17, 15) is 5.11 Å². The number of aryl methyl sites for hydroxylation is 2. The van der Waals surface area contributed by atoms with Crippen molar-refractivity contribution < 1.29 is 9.84 Å². The number of rotatable bonds is 2. The van der Waals surface area contributed by atoms with E-state index >= 15 is 0 Å². The average molecular weight is 317 g/mol. The van der Waals surface area contributed by atoms with Gasteiger partial charge in [-0.05, 0) is 43.1 Å². The molecule has 1 aromatic heterocycles. The molecule has 102 valence electrons. The van der Waals surface area contributed by atoms with E-state index in [1.165, 1.54) is 0 Å². The molecule has 0 amide bonds. The van der Waals surface area contributed by atoms with Crippen molar-refractivity contribution in [3.8, 4) is 0 Å². The number of aliphatic hydroxyl groups is 1. The molecule has 0 saturated carbocycles. The molecule has 1 saturated heterocycles. The van der Waals surface area contributed by atoms with Gasteiger partial charge in [-0.2, -0.15) is 5.10 Å². The molecular formula is C13H21BrN2O2. The van der Waals surface area contributed by atoms with Crippen LogP contribution in [0.25, 0.3) is 0 Å². The summed E-state index contributed by atoms with van der Waals surface area (Å²) in [5, 5.41) is 15.1. The van der Waals surface area contributed by atoms with Crippen molar-refractivity contribution >= 4 is 15.9 Å². The van der Waals surface area contributed by atoms with Gasteiger partial charge in [0, 0.05) is 19.9 Å². The molecule has 1 aromatic rings. The third kappa shape index (κ3) is 2.78. The molecule has 2 rings (SSSR count). The van der Waals surface area contributed by atoms with E-state index in [1.807, 2.05) is 32.5 Å². The molecule has 0 bridgehead atoms. The standard InChI is InChI=1S/C13H21BrN2O2/c1-9-11(14)10(16(4)15-9)7-13(17)5-6-18-12(2,3)8-13/h17H,5-8H2,1-4H3. The predicted molar refractivity (Wildman–Crippen MR) is 73.6 cm³/mol.